The summed E-state index contributed by atoms with van der Waals surface area (Å²) < 4.78 is 0. The van der Waals surface area contributed by atoms with Gasteiger partial charge in [0, 0.05) is 53.7 Å². The SMILES string of the molecule is Cc1cc2cnc(Nc3ccc(N4C[C@@H](C)N[C@@H](C)C4)cc3)nc2nc1NC(=O)NC(C)(C)C. The lowest BCUT2D eigenvalue weighted by Crippen LogP contribution is -2.54. The highest BCUT2D eigenvalue weighted by atomic mass is 16.2. The number of hydrogen-bond donors (Lipinski definition) is 4. The number of urea groups is 1. The summed E-state index contributed by atoms with van der Waals surface area (Å²) >= 11 is 0. The molecule has 0 bridgehead atoms. The number of fused-ring (bicyclic) bond motifs is 1. The van der Waals surface area contributed by atoms with Crippen LogP contribution in [0.5, 0.6) is 0 Å². The zero-order chi connectivity index (χ0) is 24.5. The Labute approximate surface area is 200 Å². The van der Waals surface area contributed by atoms with Gasteiger partial charge in [0.2, 0.25) is 5.95 Å². The fraction of sp³-hybridized carbons (Fsp3) is 0.440. The van der Waals surface area contributed by atoms with E-state index in [1.165, 1.54) is 5.69 Å². The number of pyridine rings is 1. The third-order valence-corrected chi connectivity index (χ3v) is 5.53. The third kappa shape index (κ3) is 5.91. The second kappa shape index (κ2) is 9.42. The maximum atomic E-state index is 12.3. The van der Waals surface area contributed by atoms with E-state index < -0.39 is 0 Å². The van der Waals surface area contributed by atoms with E-state index in [-0.39, 0.29) is 11.6 Å². The van der Waals surface area contributed by atoms with Crippen molar-refractivity contribution >= 4 is 40.2 Å². The van der Waals surface area contributed by atoms with Crippen LogP contribution in [0, 0.1) is 6.92 Å². The number of amides is 2. The van der Waals surface area contributed by atoms with Crippen molar-refractivity contribution in [1.82, 2.24) is 25.6 Å². The van der Waals surface area contributed by atoms with Crippen molar-refractivity contribution in [3.05, 3.63) is 42.1 Å². The first-order valence-corrected chi connectivity index (χ1v) is 11.7. The molecule has 0 unspecified atom stereocenters. The van der Waals surface area contributed by atoms with Gasteiger partial charge in [-0.15, -0.1) is 0 Å². The number of aromatic nitrogens is 3. The molecule has 9 heteroatoms. The molecule has 2 aromatic heterocycles. The highest BCUT2D eigenvalue weighted by Gasteiger charge is 2.21. The van der Waals surface area contributed by atoms with E-state index in [4.69, 9.17) is 0 Å². The number of nitrogens with zero attached hydrogens (tertiary/aromatic N) is 4. The molecule has 3 heterocycles. The van der Waals surface area contributed by atoms with Crippen LogP contribution in [0.3, 0.4) is 0 Å². The molecule has 1 aliphatic rings. The van der Waals surface area contributed by atoms with Crippen LogP contribution < -0.4 is 26.2 Å². The Kier molecular flexibility index (Phi) is 6.56. The first kappa shape index (κ1) is 23.7. The molecule has 0 aliphatic carbocycles. The van der Waals surface area contributed by atoms with Crippen molar-refractivity contribution in [2.45, 2.75) is 59.2 Å². The van der Waals surface area contributed by atoms with E-state index >= 15 is 0 Å². The maximum absolute atomic E-state index is 12.3. The number of benzene rings is 1. The number of anilines is 4. The Balaban J connectivity index is 1.49. The first-order valence-electron chi connectivity index (χ1n) is 11.7. The van der Waals surface area contributed by atoms with Crippen LogP contribution >= 0.6 is 0 Å². The summed E-state index contributed by atoms with van der Waals surface area (Å²) in [5, 5.41) is 13.3. The summed E-state index contributed by atoms with van der Waals surface area (Å²) in [4.78, 5) is 28.2. The smallest absolute Gasteiger partial charge is 0.320 e. The summed E-state index contributed by atoms with van der Waals surface area (Å²) in [5.41, 5.74) is 3.11. The first-order chi connectivity index (χ1) is 16.1. The van der Waals surface area contributed by atoms with Gasteiger partial charge in [-0.05, 0) is 77.4 Å². The molecule has 1 saturated heterocycles. The molecule has 1 aromatic carbocycles. The lowest BCUT2D eigenvalue weighted by molar-refractivity contribution is 0.243. The Morgan fingerprint density at radius 2 is 1.76 bits per heavy atom. The van der Waals surface area contributed by atoms with Gasteiger partial charge in [0.1, 0.15) is 5.82 Å². The number of carbonyl (C=O) groups is 1. The van der Waals surface area contributed by atoms with Gasteiger partial charge in [0.25, 0.3) is 0 Å². The summed E-state index contributed by atoms with van der Waals surface area (Å²) in [6.07, 6.45) is 1.74. The Bertz CT molecular complexity index is 1160. The van der Waals surface area contributed by atoms with Crippen molar-refractivity contribution in [2.75, 3.05) is 28.6 Å². The minimum Gasteiger partial charge on any atom is -0.368 e. The van der Waals surface area contributed by atoms with E-state index in [1.54, 1.807) is 6.20 Å². The largest absolute Gasteiger partial charge is 0.368 e. The molecule has 4 rings (SSSR count). The molecule has 34 heavy (non-hydrogen) atoms. The predicted molar refractivity (Wildman–Crippen MR) is 138 cm³/mol. The Morgan fingerprint density at radius 1 is 1.09 bits per heavy atom. The second-order valence-electron chi connectivity index (χ2n) is 10.1. The molecule has 0 radical (unpaired) electrons. The van der Waals surface area contributed by atoms with Crippen LogP contribution in [0.2, 0.25) is 0 Å². The van der Waals surface area contributed by atoms with Crippen LogP contribution in [0.4, 0.5) is 27.9 Å². The molecular weight excluding hydrogens is 428 g/mol. The van der Waals surface area contributed by atoms with Crippen molar-refractivity contribution in [2.24, 2.45) is 0 Å². The van der Waals surface area contributed by atoms with Crippen LogP contribution in [0.1, 0.15) is 40.2 Å². The van der Waals surface area contributed by atoms with Gasteiger partial charge < -0.3 is 20.9 Å². The predicted octanol–water partition coefficient (Wildman–Crippen LogP) is 4.18. The van der Waals surface area contributed by atoms with Crippen LogP contribution in [-0.2, 0) is 0 Å². The van der Waals surface area contributed by atoms with Gasteiger partial charge in [-0.1, -0.05) is 0 Å². The van der Waals surface area contributed by atoms with Crippen LogP contribution in [0.25, 0.3) is 11.0 Å². The standard InChI is InChI=1S/C25H34N8O/c1-15-11-18-12-26-23(30-22(18)29-21(15)31-24(34)32-25(4,5)6)28-19-7-9-20(10-8-19)33-13-16(2)27-17(3)14-33/h7-12,16-17,27H,13-14H2,1-6H3,(H3,26,28,29,30,31,32,34)/t16-,17+. The van der Waals surface area contributed by atoms with Crippen molar-refractivity contribution in [1.29, 1.82) is 0 Å². The van der Waals surface area contributed by atoms with Crippen molar-refractivity contribution < 1.29 is 4.79 Å². The molecule has 3 aromatic rings. The van der Waals surface area contributed by atoms with E-state index in [2.05, 4.69) is 67.1 Å². The normalized spacial score (nSPS) is 18.6. The van der Waals surface area contributed by atoms with E-state index in [0.29, 0.717) is 29.5 Å². The summed E-state index contributed by atoms with van der Waals surface area (Å²) in [5.74, 6) is 0.925. The molecule has 9 nitrogen and oxygen atoms in total. The number of carbonyl (C=O) groups excluding carboxylic acids is 1. The topological polar surface area (TPSA) is 107 Å². The summed E-state index contributed by atoms with van der Waals surface area (Å²) in [7, 11) is 0. The van der Waals surface area contributed by atoms with Crippen molar-refractivity contribution in [3.8, 4) is 0 Å². The average Bonchev–Trinajstić information content (AvgIpc) is 2.73. The lowest BCUT2D eigenvalue weighted by atomic mass is 10.1. The fourth-order valence-corrected chi connectivity index (χ4v) is 4.16. The van der Waals surface area contributed by atoms with Crippen LogP contribution in [0.15, 0.2) is 36.5 Å². The molecule has 2 atom stereocenters. The number of nitrogens with one attached hydrogen (secondary N) is 4. The number of hydrogen-bond acceptors (Lipinski definition) is 7. The molecule has 180 valence electrons. The van der Waals surface area contributed by atoms with E-state index in [1.807, 2.05) is 45.9 Å². The van der Waals surface area contributed by atoms with Gasteiger partial charge in [-0.2, -0.15) is 4.98 Å². The van der Waals surface area contributed by atoms with Gasteiger partial charge >= 0.3 is 6.03 Å². The highest BCUT2D eigenvalue weighted by Crippen LogP contribution is 2.23. The molecule has 1 fully saturated rings. The number of piperazine rings is 1. The Morgan fingerprint density at radius 3 is 2.41 bits per heavy atom. The monoisotopic (exact) mass is 462 g/mol. The van der Waals surface area contributed by atoms with E-state index in [0.717, 1.165) is 29.7 Å². The molecule has 1 aliphatic heterocycles. The summed E-state index contributed by atoms with van der Waals surface area (Å²) in [6, 6.07) is 10.8. The maximum Gasteiger partial charge on any atom is 0.320 e. The second-order valence-corrected chi connectivity index (χ2v) is 10.1. The molecule has 0 saturated carbocycles. The zero-order valence-electron chi connectivity index (χ0n) is 20.7. The van der Waals surface area contributed by atoms with Gasteiger partial charge in [-0.3, -0.25) is 5.32 Å². The van der Waals surface area contributed by atoms with E-state index in [9.17, 15) is 4.79 Å². The lowest BCUT2D eigenvalue weighted by Gasteiger charge is -2.37. The Hall–Kier alpha value is -3.46. The molecule has 2 amide bonds. The molecular formula is C25H34N8O. The molecule has 0 spiro atoms. The zero-order valence-corrected chi connectivity index (χ0v) is 20.7. The minimum absolute atomic E-state index is 0.303. The fourth-order valence-electron chi connectivity index (χ4n) is 4.16. The number of rotatable bonds is 4. The van der Waals surface area contributed by atoms with Gasteiger partial charge in [0.05, 0.1) is 0 Å². The highest BCUT2D eigenvalue weighted by molar-refractivity contribution is 5.91. The molecule has 4 N–H and O–H groups in total. The quantitative estimate of drug-likeness (QED) is 0.461. The minimum atomic E-state index is -0.342. The summed E-state index contributed by atoms with van der Waals surface area (Å²) in [6.45, 7) is 14.1. The average molecular weight is 463 g/mol. The van der Waals surface area contributed by atoms with Gasteiger partial charge in [0.15, 0.2) is 5.65 Å². The van der Waals surface area contributed by atoms with Crippen LogP contribution in [-0.4, -0.2) is 51.7 Å². The van der Waals surface area contributed by atoms with Gasteiger partial charge in [-0.25, -0.2) is 14.8 Å². The number of aryl methyl sites for hydroxylation is 1. The third-order valence-electron chi connectivity index (χ3n) is 5.53. The van der Waals surface area contributed by atoms with Crippen molar-refractivity contribution in [3.63, 3.8) is 0 Å².